The third kappa shape index (κ3) is 1.49. The summed E-state index contributed by atoms with van der Waals surface area (Å²) in [5, 5.41) is 12.5. The molecule has 0 amide bonds. The second-order valence-electron chi connectivity index (χ2n) is 3.30. The molecule has 2 N–H and O–H groups in total. The van der Waals surface area contributed by atoms with Crippen LogP contribution >= 0.6 is 11.6 Å². The van der Waals surface area contributed by atoms with E-state index in [2.05, 4.69) is 5.32 Å². The van der Waals surface area contributed by atoms with E-state index in [-0.39, 0.29) is 11.6 Å². The average molecular weight is 212 g/mol. The second kappa shape index (κ2) is 3.59. The first-order valence-electron chi connectivity index (χ1n) is 4.45. The highest BCUT2D eigenvalue weighted by molar-refractivity contribution is 6.33. The molecule has 1 saturated heterocycles. The molecular formula is C10H10ClNO2. The number of rotatable bonds is 2. The molecule has 2 rings (SSSR count). The van der Waals surface area contributed by atoms with Crippen molar-refractivity contribution in [3.63, 3.8) is 0 Å². The van der Waals surface area contributed by atoms with E-state index in [1.807, 2.05) is 6.07 Å². The summed E-state index contributed by atoms with van der Waals surface area (Å²) in [5.41, 5.74) is 1.02. The standard InChI is InChI=1S/C10H10ClNO2/c11-7-3-1-2-6(8-4-5-12-8)9(7)10(13)14/h1-3,8,12H,4-5H2,(H,13,14). The summed E-state index contributed by atoms with van der Waals surface area (Å²) in [6.07, 6.45) is 0.973. The van der Waals surface area contributed by atoms with Crippen LogP contribution in [0.25, 0.3) is 0 Å². The number of hydrogen-bond donors (Lipinski definition) is 2. The molecule has 0 radical (unpaired) electrons. The van der Waals surface area contributed by atoms with Gasteiger partial charge in [-0.25, -0.2) is 4.79 Å². The van der Waals surface area contributed by atoms with Gasteiger partial charge < -0.3 is 10.4 Å². The molecule has 1 aromatic carbocycles. The first-order chi connectivity index (χ1) is 6.70. The molecule has 0 aliphatic carbocycles. The molecule has 3 nitrogen and oxygen atoms in total. The van der Waals surface area contributed by atoms with Crippen LogP contribution in [0, 0.1) is 0 Å². The van der Waals surface area contributed by atoms with Gasteiger partial charge in [-0.3, -0.25) is 0 Å². The fraction of sp³-hybridized carbons (Fsp3) is 0.300. The Balaban J connectivity index is 2.46. The molecule has 0 bridgehead atoms. The fourth-order valence-corrected chi connectivity index (χ4v) is 1.87. The van der Waals surface area contributed by atoms with E-state index < -0.39 is 5.97 Å². The normalized spacial score (nSPS) is 20.2. The highest BCUT2D eigenvalue weighted by Gasteiger charge is 2.25. The van der Waals surface area contributed by atoms with Gasteiger partial charge in [0.2, 0.25) is 0 Å². The van der Waals surface area contributed by atoms with Crippen LogP contribution in [0.1, 0.15) is 28.4 Å². The van der Waals surface area contributed by atoms with Crippen molar-refractivity contribution in [2.45, 2.75) is 12.5 Å². The average Bonchev–Trinajstić information content (AvgIpc) is 1.99. The summed E-state index contributed by atoms with van der Waals surface area (Å²) in [5.74, 6) is -0.959. The molecule has 1 unspecified atom stereocenters. The molecule has 0 saturated carbocycles. The van der Waals surface area contributed by atoms with Gasteiger partial charge in [0.05, 0.1) is 10.6 Å². The predicted octanol–water partition coefficient (Wildman–Crippen LogP) is 2.07. The van der Waals surface area contributed by atoms with Crippen LogP contribution in [0.4, 0.5) is 0 Å². The zero-order valence-corrected chi connectivity index (χ0v) is 8.21. The summed E-state index contributed by atoms with van der Waals surface area (Å²) >= 11 is 5.84. The molecule has 0 aromatic heterocycles. The van der Waals surface area contributed by atoms with E-state index in [9.17, 15) is 4.79 Å². The first kappa shape index (κ1) is 9.49. The van der Waals surface area contributed by atoms with Crippen LogP contribution < -0.4 is 5.32 Å². The molecule has 1 aliphatic heterocycles. The fourth-order valence-electron chi connectivity index (χ4n) is 1.61. The maximum Gasteiger partial charge on any atom is 0.337 e. The van der Waals surface area contributed by atoms with Crippen LogP contribution in [-0.2, 0) is 0 Å². The Bertz CT molecular complexity index is 374. The Kier molecular flexibility index (Phi) is 2.44. The molecule has 1 fully saturated rings. The van der Waals surface area contributed by atoms with Gasteiger partial charge >= 0.3 is 5.97 Å². The van der Waals surface area contributed by atoms with Gasteiger partial charge in [-0.05, 0) is 24.6 Å². The summed E-state index contributed by atoms with van der Waals surface area (Å²) < 4.78 is 0. The minimum Gasteiger partial charge on any atom is -0.478 e. The number of hydrogen-bond acceptors (Lipinski definition) is 2. The number of benzene rings is 1. The molecule has 14 heavy (non-hydrogen) atoms. The number of carboxylic acids is 1. The summed E-state index contributed by atoms with van der Waals surface area (Å²) in [6, 6.07) is 5.35. The van der Waals surface area contributed by atoms with Gasteiger partial charge in [-0.1, -0.05) is 23.7 Å². The van der Waals surface area contributed by atoms with Crippen LogP contribution in [0.5, 0.6) is 0 Å². The Morgan fingerprint density at radius 3 is 2.79 bits per heavy atom. The largest absolute Gasteiger partial charge is 0.478 e. The quantitative estimate of drug-likeness (QED) is 0.788. The van der Waals surface area contributed by atoms with Crippen molar-refractivity contribution in [2.75, 3.05) is 6.54 Å². The lowest BCUT2D eigenvalue weighted by Gasteiger charge is -2.29. The Morgan fingerprint density at radius 2 is 2.29 bits per heavy atom. The summed E-state index contributed by atoms with van der Waals surface area (Å²) in [7, 11) is 0. The maximum atomic E-state index is 11.0. The molecule has 4 heteroatoms. The van der Waals surface area contributed by atoms with E-state index >= 15 is 0 Å². The van der Waals surface area contributed by atoms with Crippen molar-refractivity contribution in [1.29, 1.82) is 0 Å². The summed E-state index contributed by atoms with van der Waals surface area (Å²) in [4.78, 5) is 11.0. The third-order valence-corrected chi connectivity index (χ3v) is 2.77. The molecule has 1 heterocycles. The second-order valence-corrected chi connectivity index (χ2v) is 3.71. The van der Waals surface area contributed by atoms with E-state index in [0.717, 1.165) is 18.5 Å². The lowest BCUT2D eigenvalue weighted by Crippen LogP contribution is -2.36. The smallest absolute Gasteiger partial charge is 0.337 e. The topological polar surface area (TPSA) is 49.3 Å². The third-order valence-electron chi connectivity index (χ3n) is 2.46. The maximum absolute atomic E-state index is 11.0. The lowest BCUT2D eigenvalue weighted by atomic mass is 9.93. The molecule has 1 atom stereocenters. The minimum atomic E-state index is -0.959. The van der Waals surface area contributed by atoms with E-state index in [1.54, 1.807) is 12.1 Å². The zero-order chi connectivity index (χ0) is 10.1. The van der Waals surface area contributed by atoms with Crippen molar-refractivity contribution in [3.05, 3.63) is 34.3 Å². The number of carboxylic acid groups (broad SMARTS) is 1. The van der Waals surface area contributed by atoms with Crippen molar-refractivity contribution < 1.29 is 9.90 Å². The van der Waals surface area contributed by atoms with Crippen LogP contribution in [0.3, 0.4) is 0 Å². The van der Waals surface area contributed by atoms with Crippen molar-refractivity contribution in [1.82, 2.24) is 5.32 Å². The highest BCUT2D eigenvalue weighted by atomic mass is 35.5. The van der Waals surface area contributed by atoms with Gasteiger partial charge in [0.15, 0.2) is 0 Å². The Labute approximate surface area is 86.7 Å². The number of aromatic carboxylic acids is 1. The zero-order valence-electron chi connectivity index (χ0n) is 7.46. The summed E-state index contributed by atoms with van der Waals surface area (Å²) in [6.45, 7) is 0.941. The number of nitrogens with one attached hydrogen (secondary N) is 1. The van der Waals surface area contributed by atoms with Gasteiger partial charge in [0.25, 0.3) is 0 Å². The van der Waals surface area contributed by atoms with E-state index in [4.69, 9.17) is 16.7 Å². The first-order valence-corrected chi connectivity index (χ1v) is 4.83. The predicted molar refractivity (Wildman–Crippen MR) is 53.8 cm³/mol. The van der Waals surface area contributed by atoms with Crippen molar-refractivity contribution >= 4 is 17.6 Å². The molecule has 1 aromatic rings. The van der Waals surface area contributed by atoms with Crippen molar-refractivity contribution in [2.24, 2.45) is 0 Å². The van der Waals surface area contributed by atoms with Gasteiger partial charge in [-0.2, -0.15) is 0 Å². The van der Waals surface area contributed by atoms with Gasteiger partial charge in [-0.15, -0.1) is 0 Å². The lowest BCUT2D eigenvalue weighted by molar-refractivity contribution is 0.0694. The molecule has 1 aliphatic rings. The van der Waals surface area contributed by atoms with Gasteiger partial charge in [0, 0.05) is 6.04 Å². The molecule has 74 valence electrons. The minimum absolute atomic E-state index is 0.153. The number of carbonyl (C=O) groups is 1. The van der Waals surface area contributed by atoms with Crippen LogP contribution in [-0.4, -0.2) is 17.6 Å². The molecular weight excluding hydrogens is 202 g/mol. The number of halogens is 1. The van der Waals surface area contributed by atoms with E-state index in [1.165, 1.54) is 0 Å². The SMILES string of the molecule is O=C(O)c1c(Cl)cccc1C1CCN1. The van der Waals surface area contributed by atoms with E-state index in [0.29, 0.717) is 5.02 Å². The van der Waals surface area contributed by atoms with Crippen molar-refractivity contribution in [3.8, 4) is 0 Å². The monoisotopic (exact) mass is 211 g/mol. The highest BCUT2D eigenvalue weighted by Crippen LogP contribution is 2.30. The van der Waals surface area contributed by atoms with Crippen LogP contribution in [0.15, 0.2) is 18.2 Å². The molecule has 0 spiro atoms. The Hall–Kier alpha value is -1.06. The van der Waals surface area contributed by atoms with Crippen LogP contribution in [0.2, 0.25) is 5.02 Å². The van der Waals surface area contributed by atoms with Gasteiger partial charge in [0.1, 0.15) is 0 Å². The Morgan fingerprint density at radius 1 is 1.57 bits per heavy atom.